The average Bonchev–Trinajstić information content (AvgIpc) is 3.03. The second kappa shape index (κ2) is 19.5. The molecule has 1 saturated carbocycles. The lowest BCUT2D eigenvalue weighted by atomic mass is 9.84. The number of aliphatic hydroxyl groups is 5. The summed E-state index contributed by atoms with van der Waals surface area (Å²) in [5.74, 6) is 0. The summed E-state index contributed by atoms with van der Waals surface area (Å²) in [6, 6.07) is -3.30. The molecule has 0 aromatic heterocycles. The number of hydrogen-bond acceptors (Lipinski definition) is 14. The minimum Gasteiger partial charge on any atom is -0.394 e. The Morgan fingerprint density at radius 2 is 1.46 bits per heavy atom. The molecule has 1 aliphatic carbocycles. The van der Waals surface area contributed by atoms with Crippen LogP contribution in [0.3, 0.4) is 0 Å². The van der Waals surface area contributed by atoms with Crippen LogP contribution in [0.5, 0.6) is 0 Å². The Kier molecular flexibility index (Phi) is 16.4. The minimum atomic E-state index is -1.46. The van der Waals surface area contributed by atoms with Crippen molar-refractivity contribution in [1.29, 1.82) is 0 Å². The third-order valence-corrected chi connectivity index (χ3v) is 9.22. The third kappa shape index (κ3) is 11.3. The van der Waals surface area contributed by atoms with E-state index in [-0.39, 0.29) is 19.4 Å². The molecule has 274 valence electrons. The lowest BCUT2D eigenvalue weighted by molar-refractivity contribution is -0.314. The van der Waals surface area contributed by atoms with Crippen molar-refractivity contribution in [2.45, 2.75) is 152 Å². The van der Waals surface area contributed by atoms with Crippen molar-refractivity contribution in [1.82, 2.24) is 0 Å². The molecule has 14 heteroatoms. The predicted molar refractivity (Wildman–Crippen MR) is 183 cm³/mol. The van der Waals surface area contributed by atoms with E-state index in [1.54, 1.807) is 6.21 Å². The molecule has 2 aliphatic heterocycles. The maximum absolute atomic E-state index is 11.4. The zero-order valence-corrected chi connectivity index (χ0v) is 28.8. The molecule has 11 N–H and O–H groups in total. The van der Waals surface area contributed by atoms with Gasteiger partial charge in [-0.05, 0) is 79.0 Å². The number of allylic oxidation sites excluding steroid dienone is 6. The van der Waals surface area contributed by atoms with Crippen molar-refractivity contribution in [3.05, 3.63) is 34.9 Å². The molecule has 0 spiro atoms. The summed E-state index contributed by atoms with van der Waals surface area (Å²) < 4.78 is 23.7. The van der Waals surface area contributed by atoms with Gasteiger partial charge >= 0.3 is 0 Å². The standard InChI is InChI=1S/C34H59N5O9/c1-18(2)8-6-9-19(3)10-7-11-20(4)12-13-39-16-25-24(41)15-22(36)33(45-25)47-31-21(35)14-23(38-5)32(30(31)44)48-34-29(43)27(37)28(42)26(17-40)46-34/h8,10,12-13,21-34,40-44H,5-7,9,11,14-17,35-37H2,1-4H3/b19-10+,20-12+,39-13?. The Labute approximate surface area is 284 Å². The van der Waals surface area contributed by atoms with E-state index < -0.39 is 92.2 Å². The molecule has 3 fully saturated rings. The van der Waals surface area contributed by atoms with Crippen LogP contribution in [0.25, 0.3) is 0 Å². The Balaban J connectivity index is 1.58. The first-order valence-electron chi connectivity index (χ1n) is 16.9. The van der Waals surface area contributed by atoms with Gasteiger partial charge in [0.25, 0.3) is 0 Å². The quantitative estimate of drug-likeness (QED) is 0.0840. The van der Waals surface area contributed by atoms with E-state index in [4.69, 9.17) is 36.1 Å². The summed E-state index contributed by atoms with van der Waals surface area (Å²) in [6.07, 6.45) is 1.17. The molecule has 14 unspecified atom stereocenters. The van der Waals surface area contributed by atoms with Gasteiger partial charge in [0.15, 0.2) is 12.6 Å². The van der Waals surface area contributed by atoms with E-state index in [1.165, 1.54) is 16.7 Å². The van der Waals surface area contributed by atoms with Crippen molar-refractivity contribution < 1.29 is 44.5 Å². The zero-order valence-electron chi connectivity index (χ0n) is 28.8. The predicted octanol–water partition coefficient (Wildman–Crippen LogP) is -0.0226. The highest BCUT2D eigenvalue weighted by molar-refractivity contribution is 5.72. The number of rotatable bonds is 15. The molecule has 0 amide bonds. The first-order chi connectivity index (χ1) is 22.8. The third-order valence-electron chi connectivity index (χ3n) is 9.22. The summed E-state index contributed by atoms with van der Waals surface area (Å²) in [5, 5.41) is 52.4. The Morgan fingerprint density at radius 1 is 0.812 bits per heavy atom. The molecule has 0 aromatic rings. The van der Waals surface area contributed by atoms with Gasteiger partial charge in [0.05, 0.1) is 37.4 Å². The summed E-state index contributed by atoms with van der Waals surface area (Å²) in [7, 11) is 0. The van der Waals surface area contributed by atoms with Crippen molar-refractivity contribution >= 4 is 12.9 Å². The zero-order chi connectivity index (χ0) is 35.5. The smallest absolute Gasteiger partial charge is 0.186 e. The highest BCUT2D eigenvalue weighted by Gasteiger charge is 2.50. The van der Waals surface area contributed by atoms with Gasteiger partial charge < -0.3 is 61.7 Å². The lowest BCUT2D eigenvalue weighted by Gasteiger charge is -2.47. The summed E-state index contributed by atoms with van der Waals surface area (Å²) in [5.41, 5.74) is 22.5. The number of nitrogens with two attached hydrogens (primary N) is 3. The van der Waals surface area contributed by atoms with Gasteiger partial charge in [-0.3, -0.25) is 9.98 Å². The molecule has 2 saturated heterocycles. The van der Waals surface area contributed by atoms with E-state index in [0.717, 1.165) is 25.7 Å². The van der Waals surface area contributed by atoms with E-state index in [9.17, 15) is 25.5 Å². The first kappa shape index (κ1) is 40.5. The Bertz CT molecular complexity index is 1130. The largest absolute Gasteiger partial charge is 0.394 e. The van der Waals surface area contributed by atoms with Gasteiger partial charge in [-0.2, -0.15) is 0 Å². The molecule has 0 radical (unpaired) electrons. The van der Waals surface area contributed by atoms with Crippen molar-refractivity contribution in [3.8, 4) is 0 Å². The van der Waals surface area contributed by atoms with Gasteiger partial charge in [-0.25, -0.2) is 0 Å². The van der Waals surface area contributed by atoms with Crippen LogP contribution in [-0.2, 0) is 18.9 Å². The van der Waals surface area contributed by atoms with E-state index in [1.807, 2.05) is 6.08 Å². The van der Waals surface area contributed by atoms with Crippen LogP contribution in [0.1, 0.15) is 66.2 Å². The van der Waals surface area contributed by atoms with Crippen LogP contribution >= 0.6 is 0 Å². The molecular formula is C34H59N5O9. The second-order valence-corrected chi connectivity index (χ2v) is 13.6. The average molecular weight is 682 g/mol. The summed E-state index contributed by atoms with van der Waals surface area (Å²) >= 11 is 0. The lowest BCUT2D eigenvalue weighted by Crippen LogP contribution is -2.66. The minimum absolute atomic E-state index is 0.170. The van der Waals surface area contributed by atoms with Gasteiger partial charge in [0.1, 0.15) is 42.7 Å². The van der Waals surface area contributed by atoms with Crippen molar-refractivity contribution in [2.75, 3.05) is 13.2 Å². The molecule has 0 aromatic carbocycles. The maximum Gasteiger partial charge on any atom is 0.186 e. The normalized spacial score (nSPS) is 39.8. The number of hydrogen-bond donors (Lipinski definition) is 8. The SMILES string of the molecule is C=NC1CC(N)C(OC2OC(CN=C/C=C(\C)CC/C=C(\C)CCC=C(C)C)C(O)CC2N)C(O)C1OC1OC(CO)C(O)C(N)C1O. The van der Waals surface area contributed by atoms with Crippen LogP contribution in [-0.4, -0.2) is 137 Å². The summed E-state index contributed by atoms with van der Waals surface area (Å²) in [6.45, 7) is 11.6. The fourth-order valence-electron chi connectivity index (χ4n) is 6.15. The van der Waals surface area contributed by atoms with Crippen LogP contribution in [0, 0.1) is 0 Å². The van der Waals surface area contributed by atoms with Crippen LogP contribution < -0.4 is 17.2 Å². The maximum atomic E-state index is 11.4. The topological polar surface area (TPSA) is 241 Å². The highest BCUT2D eigenvalue weighted by Crippen LogP contribution is 2.32. The molecular weight excluding hydrogens is 622 g/mol. The first-order valence-corrected chi connectivity index (χ1v) is 16.9. The van der Waals surface area contributed by atoms with Crippen molar-refractivity contribution in [3.63, 3.8) is 0 Å². The second-order valence-electron chi connectivity index (χ2n) is 13.6. The molecule has 3 rings (SSSR count). The van der Waals surface area contributed by atoms with Gasteiger partial charge in [-0.15, -0.1) is 0 Å². The fraction of sp³-hybridized carbons (Fsp3) is 0.765. The molecule has 2 heterocycles. The fourth-order valence-corrected chi connectivity index (χ4v) is 6.15. The molecule has 14 nitrogen and oxygen atoms in total. The van der Waals surface area contributed by atoms with Gasteiger partial charge in [0.2, 0.25) is 0 Å². The highest BCUT2D eigenvalue weighted by atomic mass is 16.7. The Hall–Kier alpha value is -1.92. The van der Waals surface area contributed by atoms with E-state index in [0.29, 0.717) is 0 Å². The van der Waals surface area contributed by atoms with Crippen LogP contribution in [0.15, 0.2) is 44.9 Å². The van der Waals surface area contributed by atoms with Crippen LogP contribution in [0.4, 0.5) is 0 Å². The van der Waals surface area contributed by atoms with Gasteiger partial charge in [0, 0.05) is 12.3 Å². The molecule has 14 atom stereocenters. The monoisotopic (exact) mass is 681 g/mol. The Morgan fingerprint density at radius 3 is 2.12 bits per heavy atom. The number of ether oxygens (including phenoxy) is 4. The van der Waals surface area contributed by atoms with E-state index in [2.05, 4.69) is 56.5 Å². The number of aliphatic imine (C=N–C) groups is 2. The number of aliphatic hydroxyl groups excluding tert-OH is 5. The van der Waals surface area contributed by atoms with Crippen LogP contribution in [0.2, 0.25) is 0 Å². The van der Waals surface area contributed by atoms with Gasteiger partial charge in [-0.1, -0.05) is 28.9 Å². The summed E-state index contributed by atoms with van der Waals surface area (Å²) in [4.78, 5) is 8.50. The molecule has 0 bridgehead atoms. The van der Waals surface area contributed by atoms with Crippen molar-refractivity contribution in [2.24, 2.45) is 27.2 Å². The number of nitrogens with zero attached hydrogens (tertiary/aromatic N) is 2. The van der Waals surface area contributed by atoms with E-state index >= 15 is 0 Å². The molecule has 3 aliphatic rings. The molecule has 48 heavy (non-hydrogen) atoms.